The van der Waals surface area contributed by atoms with E-state index >= 15 is 0 Å². The summed E-state index contributed by atoms with van der Waals surface area (Å²) < 4.78 is 20.4. The Kier molecular flexibility index (Phi) is 5.13. The Balaban J connectivity index is 1.46. The first kappa shape index (κ1) is 16.5. The van der Waals surface area contributed by atoms with Crippen molar-refractivity contribution in [1.82, 2.24) is 9.88 Å². The maximum absolute atomic E-state index is 12.8. The van der Waals surface area contributed by atoms with Crippen molar-refractivity contribution in [3.8, 4) is 5.75 Å². The van der Waals surface area contributed by atoms with E-state index in [0.29, 0.717) is 18.8 Å². The van der Waals surface area contributed by atoms with Crippen molar-refractivity contribution in [2.75, 3.05) is 13.2 Å². The van der Waals surface area contributed by atoms with E-state index in [-0.39, 0.29) is 12.4 Å². The number of aliphatic hydroxyl groups is 1. The lowest BCUT2D eigenvalue weighted by atomic mass is 10.2. The monoisotopic (exact) mass is 328 g/mol. The van der Waals surface area contributed by atoms with Gasteiger partial charge >= 0.3 is 0 Å². The van der Waals surface area contributed by atoms with Crippen LogP contribution in [0, 0.1) is 5.82 Å². The van der Waals surface area contributed by atoms with Gasteiger partial charge in [-0.15, -0.1) is 0 Å². The Hall–Kier alpha value is -2.37. The molecule has 0 radical (unpaired) electrons. The molecule has 2 aromatic carbocycles. The Morgan fingerprint density at radius 2 is 1.92 bits per heavy atom. The fourth-order valence-electron chi connectivity index (χ4n) is 2.66. The van der Waals surface area contributed by atoms with E-state index < -0.39 is 6.10 Å². The molecule has 0 amide bonds. The Morgan fingerprint density at radius 3 is 2.67 bits per heavy atom. The summed E-state index contributed by atoms with van der Waals surface area (Å²) >= 11 is 0. The SMILES string of the molecule is Cn1c(CNCC(O)COc2ccc(F)cc2)cc2ccccc21. The van der Waals surface area contributed by atoms with Gasteiger partial charge in [0, 0.05) is 31.3 Å². The molecule has 3 rings (SSSR count). The molecule has 0 aliphatic rings. The highest BCUT2D eigenvalue weighted by atomic mass is 19.1. The van der Waals surface area contributed by atoms with E-state index in [9.17, 15) is 9.50 Å². The Labute approximate surface area is 140 Å². The normalized spacial score (nSPS) is 12.5. The molecule has 1 aromatic heterocycles. The largest absolute Gasteiger partial charge is 0.491 e. The second-order valence-corrected chi connectivity index (χ2v) is 5.80. The number of nitrogens with zero attached hydrogens (tertiary/aromatic N) is 1. The maximum atomic E-state index is 12.8. The lowest BCUT2D eigenvalue weighted by Gasteiger charge is -2.13. The molecular formula is C19H21FN2O2. The fraction of sp³-hybridized carbons (Fsp3) is 0.263. The van der Waals surface area contributed by atoms with Crippen LogP contribution in [-0.4, -0.2) is 28.9 Å². The van der Waals surface area contributed by atoms with Gasteiger partial charge in [-0.3, -0.25) is 0 Å². The first-order valence-electron chi connectivity index (χ1n) is 7.94. The third kappa shape index (κ3) is 3.93. The zero-order valence-corrected chi connectivity index (χ0v) is 13.6. The summed E-state index contributed by atoms with van der Waals surface area (Å²) in [5.41, 5.74) is 2.34. The van der Waals surface area contributed by atoms with E-state index in [0.717, 1.165) is 5.69 Å². The first-order valence-corrected chi connectivity index (χ1v) is 7.94. The average Bonchev–Trinajstić information content (AvgIpc) is 2.91. The van der Waals surface area contributed by atoms with Gasteiger partial charge in [0.1, 0.15) is 24.3 Å². The molecule has 0 bridgehead atoms. The molecule has 5 heteroatoms. The number of hydrogen-bond acceptors (Lipinski definition) is 3. The van der Waals surface area contributed by atoms with Crippen molar-refractivity contribution in [3.63, 3.8) is 0 Å². The van der Waals surface area contributed by atoms with Crippen molar-refractivity contribution >= 4 is 10.9 Å². The molecule has 3 aromatic rings. The molecule has 1 unspecified atom stereocenters. The van der Waals surface area contributed by atoms with Crippen LogP contribution in [0.4, 0.5) is 4.39 Å². The molecule has 0 aliphatic heterocycles. The van der Waals surface area contributed by atoms with E-state index in [4.69, 9.17) is 4.74 Å². The number of rotatable bonds is 7. The van der Waals surface area contributed by atoms with Crippen LogP contribution in [0.25, 0.3) is 10.9 Å². The molecule has 0 aliphatic carbocycles. The summed E-state index contributed by atoms with van der Waals surface area (Å²) in [6, 6.07) is 16.1. The summed E-state index contributed by atoms with van der Waals surface area (Å²) in [7, 11) is 2.04. The van der Waals surface area contributed by atoms with Gasteiger partial charge in [0.2, 0.25) is 0 Å². The topological polar surface area (TPSA) is 46.4 Å². The third-order valence-corrected chi connectivity index (χ3v) is 3.99. The average molecular weight is 328 g/mol. The van der Waals surface area contributed by atoms with Crippen LogP contribution in [0.3, 0.4) is 0 Å². The van der Waals surface area contributed by atoms with Gasteiger partial charge in [-0.05, 0) is 41.8 Å². The van der Waals surface area contributed by atoms with Gasteiger partial charge in [0.05, 0.1) is 0 Å². The molecule has 0 saturated carbocycles. The van der Waals surface area contributed by atoms with Crippen LogP contribution < -0.4 is 10.1 Å². The van der Waals surface area contributed by atoms with E-state index in [1.165, 1.54) is 23.0 Å². The molecular weight excluding hydrogens is 307 g/mol. The minimum Gasteiger partial charge on any atom is -0.491 e. The zero-order chi connectivity index (χ0) is 16.9. The van der Waals surface area contributed by atoms with E-state index in [1.54, 1.807) is 12.1 Å². The third-order valence-electron chi connectivity index (χ3n) is 3.99. The van der Waals surface area contributed by atoms with Gasteiger partial charge in [-0.2, -0.15) is 0 Å². The number of para-hydroxylation sites is 1. The molecule has 0 saturated heterocycles. The van der Waals surface area contributed by atoms with Crippen LogP contribution in [0.15, 0.2) is 54.6 Å². The lowest BCUT2D eigenvalue weighted by Crippen LogP contribution is -2.31. The van der Waals surface area contributed by atoms with Gasteiger partial charge in [0.25, 0.3) is 0 Å². The highest BCUT2D eigenvalue weighted by Gasteiger charge is 2.08. The van der Waals surface area contributed by atoms with Crippen molar-refractivity contribution in [1.29, 1.82) is 0 Å². The molecule has 1 atom stereocenters. The van der Waals surface area contributed by atoms with Crippen LogP contribution in [-0.2, 0) is 13.6 Å². The standard InChI is InChI=1S/C19H21FN2O2/c1-22-16(10-14-4-2-3-5-19(14)22)11-21-12-17(23)13-24-18-8-6-15(20)7-9-18/h2-10,17,21,23H,11-13H2,1H3. The summed E-state index contributed by atoms with van der Waals surface area (Å²) in [4.78, 5) is 0. The number of hydrogen-bond donors (Lipinski definition) is 2. The summed E-state index contributed by atoms with van der Waals surface area (Å²) in [6.07, 6.45) is -0.635. The molecule has 0 spiro atoms. The quantitative estimate of drug-likeness (QED) is 0.701. The number of aryl methyl sites for hydroxylation is 1. The molecule has 1 heterocycles. The van der Waals surface area contributed by atoms with Crippen LogP contribution >= 0.6 is 0 Å². The number of benzene rings is 2. The zero-order valence-electron chi connectivity index (χ0n) is 13.6. The number of aromatic nitrogens is 1. The molecule has 24 heavy (non-hydrogen) atoms. The highest BCUT2D eigenvalue weighted by molar-refractivity contribution is 5.81. The summed E-state index contributed by atoms with van der Waals surface area (Å²) in [5.74, 6) is 0.239. The second kappa shape index (κ2) is 7.47. The van der Waals surface area contributed by atoms with Gasteiger partial charge in [0.15, 0.2) is 0 Å². The minimum atomic E-state index is -0.635. The van der Waals surface area contributed by atoms with E-state index in [1.807, 2.05) is 19.2 Å². The Bertz CT molecular complexity index is 799. The lowest BCUT2D eigenvalue weighted by molar-refractivity contribution is 0.106. The molecule has 126 valence electrons. The van der Waals surface area contributed by atoms with Gasteiger partial charge in [-0.25, -0.2) is 4.39 Å². The first-order chi connectivity index (χ1) is 11.6. The van der Waals surface area contributed by atoms with Gasteiger partial charge in [-0.1, -0.05) is 18.2 Å². The van der Waals surface area contributed by atoms with Crippen molar-refractivity contribution in [2.45, 2.75) is 12.6 Å². The van der Waals surface area contributed by atoms with E-state index in [2.05, 4.69) is 28.1 Å². The highest BCUT2D eigenvalue weighted by Crippen LogP contribution is 2.18. The number of halogens is 1. The van der Waals surface area contributed by atoms with Gasteiger partial charge < -0.3 is 19.7 Å². The number of aliphatic hydroxyl groups excluding tert-OH is 1. The predicted octanol–water partition coefficient (Wildman–Crippen LogP) is 2.85. The minimum absolute atomic E-state index is 0.160. The van der Waals surface area contributed by atoms with Crippen molar-refractivity contribution in [2.24, 2.45) is 7.05 Å². The van der Waals surface area contributed by atoms with Crippen LogP contribution in [0.5, 0.6) is 5.75 Å². The second-order valence-electron chi connectivity index (χ2n) is 5.80. The van der Waals surface area contributed by atoms with Crippen molar-refractivity contribution in [3.05, 3.63) is 66.1 Å². The van der Waals surface area contributed by atoms with Crippen LogP contribution in [0.2, 0.25) is 0 Å². The number of nitrogens with one attached hydrogen (secondary N) is 1. The molecule has 0 fully saturated rings. The number of fused-ring (bicyclic) bond motifs is 1. The Morgan fingerprint density at radius 1 is 1.17 bits per heavy atom. The van der Waals surface area contributed by atoms with Crippen molar-refractivity contribution < 1.29 is 14.2 Å². The van der Waals surface area contributed by atoms with Crippen LogP contribution in [0.1, 0.15) is 5.69 Å². The number of ether oxygens (including phenoxy) is 1. The maximum Gasteiger partial charge on any atom is 0.123 e. The molecule has 2 N–H and O–H groups in total. The fourth-order valence-corrected chi connectivity index (χ4v) is 2.66. The molecule has 4 nitrogen and oxygen atoms in total. The smallest absolute Gasteiger partial charge is 0.123 e. The summed E-state index contributed by atoms with van der Waals surface area (Å²) in [5, 5.41) is 14.4. The summed E-state index contributed by atoms with van der Waals surface area (Å²) in [6.45, 7) is 1.25. The predicted molar refractivity (Wildman–Crippen MR) is 92.5 cm³/mol.